The topological polar surface area (TPSA) is 51.0 Å². The lowest BCUT2D eigenvalue weighted by atomic mass is 9.96. The van der Waals surface area contributed by atoms with E-state index in [1.54, 1.807) is 6.33 Å². The van der Waals surface area contributed by atoms with Crippen LogP contribution >= 0.6 is 23.4 Å². The van der Waals surface area contributed by atoms with Crippen LogP contribution < -0.4 is 0 Å². The van der Waals surface area contributed by atoms with Crippen LogP contribution in [0.15, 0.2) is 35.5 Å². The number of fused-ring (bicyclic) bond motifs is 1. The van der Waals surface area contributed by atoms with Crippen LogP contribution in [0.5, 0.6) is 0 Å². The first kappa shape index (κ1) is 16.0. The molecule has 1 fully saturated rings. The Hall–Kier alpha value is -1.53. The molecule has 1 amide bonds. The quantitative estimate of drug-likeness (QED) is 0.842. The molecule has 0 radical (unpaired) electrons. The fourth-order valence-corrected chi connectivity index (χ4v) is 4.94. The Morgan fingerprint density at radius 1 is 1.29 bits per heavy atom. The fraction of sp³-hybridized carbons (Fsp3) is 0.471. The Bertz CT molecular complexity index is 750. The number of halogens is 1. The van der Waals surface area contributed by atoms with E-state index in [0.29, 0.717) is 11.7 Å². The predicted octanol–water partition coefficient (Wildman–Crippen LogP) is 2.89. The number of benzene rings is 1. The molecule has 126 valence electrons. The normalized spacial score (nSPS) is 23.3. The largest absolute Gasteiger partial charge is 0.341 e. The molecule has 0 saturated carbocycles. The van der Waals surface area contributed by atoms with E-state index >= 15 is 0 Å². The number of aromatic nitrogens is 3. The highest BCUT2D eigenvalue weighted by Gasteiger charge is 2.33. The lowest BCUT2D eigenvalue weighted by Gasteiger charge is -2.26. The average Bonchev–Trinajstić information content (AvgIpc) is 3.22. The Morgan fingerprint density at radius 2 is 2.21 bits per heavy atom. The van der Waals surface area contributed by atoms with Crippen molar-refractivity contribution in [2.45, 2.75) is 36.0 Å². The minimum absolute atomic E-state index is 0.0524. The molecule has 1 aromatic heterocycles. The summed E-state index contributed by atoms with van der Waals surface area (Å²) in [4.78, 5) is 16.0. The number of thioether (sulfide) groups is 1. The molecule has 3 heterocycles. The first-order valence-corrected chi connectivity index (χ1v) is 9.52. The lowest BCUT2D eigenvalue weighted by molar-refractivity contribution is -0.135. The van der Waals surface area contributed by atoms with Gasteiger partial charge < -0.3 is 9.47 Å². The molecule has 0 spiro atoms. The summed E-state index contributed by atoms with van der Waals surface area (Å²) < 4.78 is 2.05. The number of nitrogens with zero attached hydrogens (tertiary/aromatic N) is 4. The molecule has 24 heavy (non-hydrogen) atoms. The molecule has 5 nitrogen and oxygen atoms in total. The van der Waals surface area contributed by atoms with Crippen molar-refractivity contribution in [1.82, 2.24) is 19.7 Å². The van der Waals surface area contributed by atoms with Gasteiger partial charge in [-0.3, -0.25) is 4.79 Å². The maximum absolute atomic E-state index is 12.8. The smallest absolute Gasteiger partial charge is 0.226 e. The number of hydrogen-bond acceptors (Lipinski definition) is 4. The van der Waals surface area contributed by atoms with Crippen LogP contribution in [0.2, 0.25) is 5.02 Å². The molecule has 0 bridgehead atoms. The zero-order chi connectivity index (χ0) is 16.5. The highest BCUT2D eigenvalue weighted by molar-refractivity contribution is 8.00. The Kier molecular flexibility index (Phi) is 4.50. The zero-order valence-corrected chi connectivity index (χ0v) is 14.8. The second-order valence-electron chi connectivity index (χ2n) is 6.40. The van der Waals surface area contributed by atoms with Crippen LogP contribution in [0.25, 0.3) is 0 Å². The van der Waals surface area contributed by atoms with Crippen molar-refractivity contribution in [2.75, 3.05) is 13.1 Å². The molecule has 7 heteroatoms. The van der Waals surface area contributed by atoms with E-state index in [0.717, 1.165) is 43.3 Å². The number of carbonyl (C=O) groups is 1. The van der Waals surface area contributed by atoms with E-state index in [1.807, 2.05) is 39.4 Å². The molecule has 1 saturated heterocycles. The van der Waals surface area contributed by atoms with Crippen LogP contribution in [0.1, 0.15) is 18.7 Å². The molecular weight excluding hydrogens is 344 g/mol. The molecule has 0 N–H and O–H groups in total. The summed E-state index contributed by atoms with van der Waals surface area (Å²) in [6.07, 6.45) is 4.38. The number of amides is 1. The third-order valence-corrected chi connectivity index (χ3v) is 6.23. The van der Waals surface area contributed by atoms with E-state index in [9.17, 15) is 4.79 Å². The summed E-state index contributed by atoms with van der Waals surface area (Å²) in [5, 5.41) is 9.26. The number of rotatable bonds is 3. The van der Waals surface area contributed by atoms with Crippen molar-refractivity contribution >= 4 is 29.3 Å². The van der Waals surface area contributed by atoms with Crippen LogP contribution in [0.3, 0.4) is 0 Å². The van der Waals surface area contributed by atoms with Crippen molar-refractivity contribution in [3.63, 3.8) is 0 Å². The van der Waals surface area contributed by atoms with E-state index in [-0.39, 0.29) is 11.8 Å². The summed E-state index contributed by atoms with van der Waals surface area (Å²) in [5.74, 6) is 1.26. The van der Waals surface area contributed by atoms with Gasteiger partial charge in [0.15, 0.2) is 0 Å². The monoisotopic (exact) mass is 362 g/mol. The van der Waals surface area contributed by atoms with Crippen LogP contribution in [0, 0.1) is 5.92 Å². The van der Waals surface area contributed by atoms with E-state index < -0.39 is 0 Å². The van der Waals surface area contributed by atoms with Gasteiger partial charge in [0.2, 0.25) is 5.91 Å². The Morgan fingerprint density at radius 3 is 3.08 bits per heavy atom. The zero-order valence-electron chi connectivity index (χ0n) is 13.3. The lowest BCUT2D eigenvalue weighted by Crippen LogP contribution is -2.38. The predicted molar refractivity (Wildman–Crippen MR) is 94.1 cm³/mol. The number of likely N-dealkylation sites (tertiary alicyclic amines) is 1. The first-order chi connectivity index (χ1) is 11.7. The molecule has 1 aromatic carbocycles. The van der Waals surface area contributed by atoms with Gasteiger partial charge in [-0.1, -0.05) is 17.7 Å². The number of aryl methyl sites for hydroxylation is 1. The fourth-order valence-electron chi connectivity index (χ4n) is 3.47. The minimum atomic E-state index is 0.0524. The van der Waals surface area contributed by atoms with Crippen LogP contribution in [0.4, 0.5) is 0 Å². The first-order valence-electron chi connectivity index (χ1n) is 8.27. The van der Waals surface area contributed by atoms with Crippen molar-refractivity contribution in [3.8, 4) is 0 Å². The van der Waals surface area contributed by atoms with Gasteiger partial charge in [-0.05, 0) is 31.0 Å². The standard InChI is InChI=1S/C17H19ClN4OS/c18-13-2-1-3-14(9-13)24-15-5-7-21(10-15)17(23)12-4-6-22-11-19-20-16(22)8-12/h1-3,9,11-12,15H,4-8,10H2. The van der Waals surface area contributed by atoms with Crippen LogP contribution in [-0.2, 0) is 17.8 Å². The third kappa shape index (κ3) is 3.30. The molecule has 2 atom stereocenters. The maximum atomic E-state index is 12.8. The molecule has 0 aliphatic carbocycles. The molecule has 2 aliphatic rings. The summed E-state index contributed by atoms with van der Waals surface area (Å²) >= 11 is 7.87. The van der Waals surface area contributed by atoms with Gasteiger partial charge in [0.25, 0.3) is 0 Å². The summed E-state index contributed by atoms with van der Waals surface area (Å²) in [5.41, 5.74) is 0. The van der Waals surface area contributed by atoms with E-state index in [2.05, 4.69) is 16.3 Å². The molecule has 2 aliphatic heterocycles. The summed E-state index contributed by atoms with van der Waals surface area (Å²) in [6.45, 7) is 2.51. The molecule has 2 aromatic rings. The van der Waals surface area contributed by atoms with E-state index in [1.165, 1.54) is 4.90 Å². The minimum Gasteiger partial charge on any atom is -0.341 e. The summed E-state index contributed by atoms with van der Waals surface area (Å²) in [6, 6.07) is 7.93. The molecule has 4 rings (SSSR count). The van der Waals surface area contributed by atoms with Crippen molar-refractivity contribution in [3.05, 3.63) is 41.4 Å². The van der Waals surface area contributed by atoms with Gasteiger partial charge in [-0.15, -0.1) is 22.0 Å². The Labute approximate surface area is 150 Å². The van der Waals surface area contributed by atoms with E-state index in [4.69, 9.17) is 11.6 Å². The summed E-state index contributed by atoms with van der Waals surface area (Å²) in [7, 11) is 0. The van der Waals surface area contributed by atoms with Crippen LogP contribution in [-0.4, -0.2) is 43.9 Å². The van der Waals surface area contributed by atoms with Gasteiger partial charge >= 0.3 is 0 Å². The van der Waals surface area contributed by atoms with Gasteiger partial charge in [0, 0.05) is 47.1 Å². The second kappa shape index (κ2) is 6.76. The van der Waals surface area contributed by atoms with Gasteiger partial charge in [-0.2, -0.15) is 0 Å². The number of hydrogen-bond donors (Lipinski definition) is 0. The van der Waals surface area contributed by atoms with Gasteiger partial charge in [-0.25, -0.2) is 0 Å². The highest BCUT2D eigenvalue weighted by Crippen LogP contribution is 2.32. The molecular formula is C17H19ClN4OS. The van der Waals surface area contributed by atoms with Crippen molar-refractivity contribution < 1.29 is 4.79 Å². The van der Waals surface area contributed by atoms with Crippen molar-refractivity contribution in [2.24, 2.45) is 5.92 Å². The number of carbonyl (C=O) groups excluding carboxylic acids is 1. The SMILES string of the molecule is O=C(C1CCn2cnnc2C1)N1CCC(Sc2cccc(Cl)c2)C1. The maximum Gasteiger partial charge on any atom is 0.226 e. The third-order valence-electron chi connectivity index (χ3n) is 4.75. The second-order valence-corrected chi connectivity index (χ2v) is 8.21. The Balaban J connectivity index is 1.35. The van der Waals surface area contributed by atoms with Crippen molar-refractivity contribution in [1.29, 1.82) is 0 Å². The van der Waals surface area contributed by atoms with Gasteiger partial charge in [0.05, 0.1) is 0 Å². The highest BCUT2D eigenvalue weighted by atomic mass is 35.5. The molecule has 2 unspecified atom stereocenters. The van der Waals surface area contributed by atoms with Gasteiger partial charge in [0.1, 0.15) is 12.2 Å². The average molecular weight is 363 g/mol.